The summed E-state index contributed by atoms with van der Waals surface area (Å²) in [7, 11) is 1.25. The first-order chi connectivity index (χ1) is 7.04. The molecule has 4 N–H and O–H groups in total. The number of phenols is 2. The van der Waals surface area contributed by atoms with E-state index in [4.69, 9.17) is 10.8 Å². The zero-order chi connectivity index (χ0) is 11.4. The van der Waals surface area contributed by atoms with Crippen molar-refractivity contribution in [3.63, 3.8) is 0 Å². The lowest BCUT2D eigenvalue weighted by Gasteiger charge is -2.10. The highest BCUT2D eigenvalue weighted by atomic mass is 35.5. The van der Waals surface area contributed by atoms with Gasteiger partial charge in [-0.1, -0.05) is 6.07 Å². The van der Waals surface area contributed by atoms with E-state index in [1.807, 2.05) is 0 Å². The van der Waals surface area contributed by atoms with E-state index >= 15 is 0 Å². The molecular weight excluding hydrogens is 234 g/mol. The lowest BCUT2D eigenvalue weighted by Crippen LogP contribution is -2.33. The molecule has 0 amide bonds. The van der Waals surface area contributed by atoms with Crippen molar-refractivity contribution in [3.8, 4) is 11.5 Å². The van der Waals surface area contributed by atoms with Gasteiger partial charge in [-0.3, -0.25) is 4.79 Å². The van der Waals surface area contributed by atoms with Gasteiger partial charge >= 0.3 is 5.97 Å². The second kappa shape index (κ2) is 6.19. The van der Waals surface area contributed by atoms with E-state index < -0.39 is 12.0 Å². The maximum Gasteiger partial charge on any atom is 0.322 e. The standard InChI is InChI=1S/C10H13NO4.ClH/c1-15-10(14)8(11)4-6-2-3-7(12)5-9(6)13;/h2-3,5,8,12-13H,4,11H2,1H3;1H/t8-;/m0./s1. The van der Waals surface area contributed by atoms with Crippen molar-refractivity contribution in [1.82, 2.24) is 0 Å². The molecule has 0 aliphatic carbocycles. The Bertz CT molecular complexity index is 370. The Morgan fingerprint density at radius 2 is 2.12 bits per heavy atom. The van der Waals surface area contributed by atoms with E-state index in [0.29, 0.717) is 5.56 Å². The summed E-state index contributed by atoms with van der Waals surface area (Å²) >= 11 is 0. The first-order valence-electron chi connectivity index (χ1n) is 4.39. The molecule has 1 atom stereocenters. The van der Waals surface area contributed by atoms with Crippen LogP contribution in [0, 0.1) is 0 Å². The van der Waals surface area contributed by atoms with E-state index in [9.17, 15) is 9.90 Å². The number of nitrogens with two attached hydrogens (primary N) is 1. The molecule has 0 saturated heterocycles. The highest BCUT2D eigenvalue weighted by Crippen LogP contribution is 2.23. The average Bonchev–Trinajstić information content (AvgIpc) is 2.20. The van der Waals surface area contributed by atoms with Crippen LogP contribution in [0.2, 0.25) is 0 Å². The molecule has 0 heterocycles. The normalized spacial score (nSPS) is 11.4. The Kier molecular flexibility index (Phi) is 5.63. The predicted molar refractivity (Wildman–Crippen MR) is 60.7 cm³/mol. The largest absolute Gasteiger partial charge is 0.508 e. The van der Waals surface area contributed by atoms with Crippen molar-refractivity contribution in [2.24, 2.45) is 5.73 Å². The monoisotopic (exact) mass is 247 g/mol. The number of carbonyl (C=O) groups is 1. The van der Waals surface area contributed by atoms with Crippen LogP contribution in [0.1, 0.15) is 5.56 Å². The molecule has 0 spiro atoms. The van der Waals surface area contributed by atoms with Gasteiger partial charge in [0.1, 0.15) is 17.5 Å². The highest BCUT2D eigenvalue weighted by molar-refractivity contribution is 5.85. The third-order valence-electron chi connectivity index (χ3n) is 2.01. The topological polar surface area (TPSA) is 92.8 Å². The maximum absolute atomic E-state index is 11.0. The van der Waals surface area contributed by atoms with Gasteiger partial charge in [0.15, 0.2) is 0 Å². The Hall–Kier alpha value is -1.46. The van der Waals surface area contributed by atoms with E-state index in [-0.39, 0.29) is 30.3 Å². The van der Waals surface area contributed by atoms with Crippen LogP contribution >= 0.6 is 12.4 Å². The number of methoxy groups -OCH3 is 1. The first-order valence-corrected chi connectivity index (χ1v) is 4.39. The van der Waals surface area contributed by atoms with E-state index in [2.05, 4.69) is 4.74 Å². The lowest BCUT2D eigenvalue weighted by molar-refractivity contribution is -0.142. The van der Waals surface area contributed by atoms with Crippen LogP contribution in [0.3, 0.4) is 0 Å². The van der Waals surface area contributed by atoms with Crippen LogP contribution in [0.25, 0.3) is 0 Å². The second-order valence-corrected chi connectivity index (χ2v) is 3.15. The molecule has 1 aromatic rings. The molecule has 0 fully saturated rings. The minimum Gasteiger partial charge on any atom is -0.508 e. The van der Waals surface area contributed by atoms with Crippen molar-refractivity contribution in [2.75, 3.05) is 7.11 Å². The van der Waals surface area contributed by atoms with Crippen LogP contribution < -0.4 is 5.73 Å². The minimum absolute atomic E-state index is 0. The van der Waals surface area contributed by atoms with E-state index in [1.54, 1.807) is 0 Å². The minimum atomic E-state index is -0.814. The smallest absolute Gasteiger partial charge is 0.322 e. The number of hydrogen-bond donors (Lipinski definition) is 3. The van der Waals surface area contributed by atoms with E-state index in [1.165, 1.54) is 25.3 Å². The van der Waals surface area contributed by atoms with Crippen molar-refractivity contribution in [3.05, 3.63) is 23.8 Å². The van der Waals surface area contributed by atoms with Crippen molar-refractivity contribution < 1.29 is 19.7 Å². The van der Waals surface area contributed by atoms with Crippen molar-refractivity contribution in [1.29, 1.82) is 0 Å². The molecule has 0 radical (unpaired) electrons. The summed E-state index contributed by atoms with van der Waals surface area (Å²) in [4.78, 5) is 11.0. The quantitative estimate of drug-likeness (QED) is 0.679. The summed E-state index contributed by atoms with van der Waals surface area (Å²) in [5.74, 6) is -0.667. The zero-order valence-corrected chi connectivity index (χ0v) is 9.53. The Morgan fingerprint density at radius 3 is 2.62 bits per heavy atom. The fraction of sp³-hybridized carbons (Fsp3) is 0.300. The van der Waals surface area contributed by atoms with Crippen LogP contribution in [-0.4, -0.2) is 29.3 Å². The second-order valence-electron chi connectivity index (χ2n) is 3.15. The first kappa shape index (κ1) is 14.5. The molecular formula is C10H14ClNO4. The van der Waals surface area contributed by atoms with Gasteiger partial charge in [-0.05, 0) is 11.6 Å². The van der Waals surface area contributed by atoms with Gasteiger partial charge < -0.3 is 20.7 Å². The number of ether oxygens (including phenoxy) is 1. The Morgan fingerprint density at radius 1 is 1.50 bits per heavy atom. The average molecular weight is 248 g/mol. The number of esters is 1. The summed E-state index contributed by atoms with van der Waals surface area (Å²) < 4.78 is 4.45. The SMILES string of the molecule is COC(=O)[C@@H](N)Cc1ccc(O)cc1O.Cl. The maximum atomic E-state index is 11.0. The third-order valence-corrected chi connectivity index (χ3v) is 2.01. The summed E-state index contributed by atoms with van der Waals surface area (Å²) in [5.41, 5.74) is 6.01. The van der Waals surface area contributed by atoms with Crippen LogP contribution in [0.5, 0.6) is 11.5 Å². The lowest BCUT2D eigenvalue weighted by atomic mass is 10.1. The van der Waals surface area contributed by atoms with Gasteiger partial charge in [0.2, 0.25) is 0 Å². The third kappa shape index (κ3) is 3.60. The molecule has 0 aliphatic heterocycles. The molecule has 0 saturated carbocycles. The van der Waals surface area contributed by atoms with Gasteiger partial charge in [-0.25, -0.2) is 0 Å². The summed E-state index contributed by atoms with van der Waals surface area (Å²) in [5, 5.41) is 18.5. The number of benzene rings is 1. The van der Waals surface area contributed by atoms with Gasteiger partial charge in [0.25, 0.3) is 0 Å². The molecule has 6 heteroatoms. The number of halogens is 1. The molecule has 16 heavy (non-hydrogen) atoms. The van der Waals surface area contributed by atoms with Crippen molar-refractivity contribution in [2.45, 2.75) is 12.5 Å². The van der Waals surface area contributed by atoms with Gasteiger partial charge in [-0.2, -0.15) is 0 Å². The molecule has 90 valence electrons. The Labute approximate surface area is 99.2 Å². The molecule has 1 aromatic carbocycles. The molecule has 0 aliphatic rings. The Balaban J connectivity index is 0.00000225. The zero-order valence-electron chi connectivity index (χ0n) is 8.71. The van der Waals surface area contributed by atoms with E-state index in [0.717, 1.165) is 0 Å². The molecule has 0 aromatic heterocycles. The summed E-state index contributed by atoms with van der Waals surface area (Å²) in [6.45, 7) is 0. The number of rotatable bonds is 3. The van der Waals surface area contributed by atoms with Crippen LogP contribution in [-0.2, 0) is 16.0 Å². The fourth-order valence-electron chi connectivity index (χ4n) is 1.20. The summed E-state index contributed by atoms with van der Waals surface area (Å²) in [6.07, 6.45) is 0.165. The van der Waals surface area contributed by atoms with Crippen LogP contribution in [0.15, 0.2) is 18.2 Å². The number of aromatic hydroxyl groups is 2. The number of hydrogen-bond acceptors (Lipinski definition) is 5. The van der Waals surface area contributed by atoms with Gasteiger partial charge in [0.05, 0.1) is 7.11 Å². The number of carbonyl (C=O) groups excluding carboxylic acids is 1. The molecule has 0 bridgehead atoms. The molecule has 5 nitrogen and oxygen atoms in total. The fourth-order valence-corrected chi connectivity index (χ4v) is 1.20. The highest BCUT2D eigenvalue weighted by Gasteiger charge is 2.16. The summed E-state index contributed by atoms with van der Waals surface area (Å²) in [6, 6.07) is 3.30. The van der Waals surface area contributed by atoms with Crippen LogP contribution in [0.4, 0.5) is 0 Å². The van der Waals surface area contributed by atoms with Gasteiger partial charge in [0, 0.05) is 12.5 Å². The number of phenolic OH excluding ortho intramolecular Hbond substituents is 2. The van der Waals surface area contributed by atoms with Gasteiger partial charge in [-0.15, -0.1) is 12.4 Å². The predicted octanol–water partition coefficient (Wildman–Crippen LogP) is 0.562. The molecule has 1 rings (SSSR count). The molecule has 0 unspecified atom stereocenters. The van der Waals surface area contributed by atoms with Crippen molar-refractivity contribution >= 4 is 18.4 Å².